The van der Waals surface area contributed by atoms with Crippen LogP contribution in [0.4, 0.5) is 0 Å². The number of pyridine rings is 1. The Morgan fingerprint density at radius 1 is 1.50 bits per heavy atom. The normalized spacial score (nSPS) is 15.2. The standard InChI is InChI=1S/C11H13NO2/c1-7(2)11-10-8(13)4-6-14-9(10)3-5-12-11/h3,5,7H,4,6H2,1-2H3. The average molecular weight is 191 g/mol. The van der Waals surface area contributed by atoms with Crippen LogP contribution in [0.5, 0.6) is 5.75 Å². The second-order valence-corrected chi connectivity index (χ2v) is 3.75. The van der Waals surface area contributed by atoms with Gasteiger partial charge >= 0.3 is 0 Å². The molecule has 0 saturated heterocycles. The molecule has 0 aromatic carbocycles. The first-order valence-electron chi connectivity index (χ1n) is 4.85. The Balaban J connectivity index is 2.57. The fourth-order valence-electron chi connectivity index (χ4n) is 1.68. The van der Waals surface area contributed by atoms with Gasteiger partial charge in [0.25, 0.3) is 0 Å². The molecular weight excluding hydrogens is 178 g/mol. The molecule has 0 spiro atoms. The summed E-state index contributed by atoms with van der Waals surface area (Å²) < 4.78 is 5.42. The molecule has 0 bridgehead atoms. The number of carbonyl (C=O) groups is 1. The molecule has 0 radical (unpaired) electrons. The fourth-order valence-corrected chi connectivity index (χ4v) is 1.68. The minimum Gasteiger partial charge on any atom is -0.492 e. The Morgan fingerprint density at radius 2 is 2.29 bits per heavy atom. The van der Waals surface area contributed by atoms with Crippen molar-refractivity contribution >= 4 is 5.78 Å². The molecule has 0 fully saturated rings. The number of aromatic nitrogens is 1. The fraction of sp³-hybridized carbons (Fsp3) is 0.455. The van der Waals surface area contributed by atoms with Gasteiger partial charge in [0.15, 0.2) is 5.78 Å². The van der Waals surface area contributed by atoms with Crippen LogP contribution in [-0.4, -0.2) is 17.4 Å². The van der Waals surface area contributed by atoms with E-state index in [4.69, 9.17) is 4.74 Å². The highest BCUT2D eigenvalue weighted by Gasteiger charge is 2.23. The number of Topliss-reactive ketones (excluding diaryl/α,β-unsaturated/α-hetero) is 1. The van der Waals surface area contributed by atoms with E-state index < -0.39 is 0 Å². The quantitative estimate of drug-likeness (QED) is 0.682. The van der Waals surface area contributed by atoms with Gasteiger partial charge in [-0.15, -0.1) is 0 Å². The lowest BCUT2D eigenvalue weighted by Gasteiger charge is -2.19. The summed E-state index contributed by atoms with van der Waals surface area (Å²) >= 11 is 0. The van der Waals surface area contributed by atoms with Gasteiger partial charge in [0.1, 0.15) is 5.75 Å². The van der Waals surface area contributed by atoms with Crippen LogP contribution >= 0.6 is 0 Å². The summed E-state index contributed by atoms with van der Waals surface area (Å²) in [5, 5.41) is 0. The molecule has 0 amide bonds. The van der Waals surface area contributed by atoms with Crippen molar-refractivity contribution < 1.29 is 9.53 Å². The Hall–Kier alpha value is -1.38. The molecule has 2 rings (SSSR count). The van der Waals surface area contributed by atoms with Crippen molar-refractivity contribution in [2.75, 3.05) is 6.61 Å². The van der Waals surface area contributed by atoms with Crippen LogP contribution in [0.25, 0.3) is 0 Å². The maximum Gasteiger partial charge on any atom is 0.171 e. The molecule has 14 heavy (non-hydrogen) atoms. The SMILES string of the molecule is CC(C)c1nccc2c1C(=O)CCO2. The maximum atomic E-state index is 11.7. The van der Waals surface area contributed by atoms with Crippen LogP contribution in [0.15, 0.2) is 12.3 Å². The lowest BCUT2D eigenvalue weighted by molar-refractivity contribution is 0.0931. The summed E-state index contributed by atoms with van der Waals surface area (Å²) in [4.78, 5) is 15.9. The lowest BCUT2D eigenvalue weighted by atomic mass is 9.97. The second kappa shape index (κ2) is 3.40. The molecule has 1 aliphatic heterocycles. The minimum absolute atomic E-state index is 0.156. The molecule has 3 heteroatoms. The van der Waals surface area contributed by atoms with Crippen molar-refractivity contribution in [3.8, 4) is 5.75 Å². The molecule has 0 atom stereocenters. The summed E-state index contributed by atoms with van der Waals surface area (Å²) in [5.74, 6) is 1.11. The largest absolute Gasteiger partial charge is 0.492 e. The predicted octanol–water partition coefficient (Wildman–Crippen LogP) is 2.17. The van der Waals surface area contributed by atoms with Crippen molar-refractivity contribution in [1.29, 1.82) is 0 Å². The van der Waals surface area contributed by atoms with E-state index in [0.29, 0.717) is 24.3 Å². The maximum absolute atomic E-state index is 11.7. The molecule has 3 nitrogen and oxygen atoms in total. The third-order valence-corrected chi connectivity index (χ3v) is 2.35. The van der Waals surface area contributed by atoms with Gasteiger partial charge in [0.2, 0.25) is 0 Å². The van der Waals surface area contributed by atoms with Crippen LogP contribution in [0, 0.1) is 0 Å². The average Bonchev–Trinajstić information content (AvgIpc) is 2.17. The first kappa shape index (κ1) is 9.19. The molecule has 1 aromatic heterocycles. The van der Waals surface area contributed by atoms with Crippen molar-refractivity contribution in [1.82, 2.24) is 4.98 Å². The van der Waals surface area contributed by atoms with Crippen molar-refractivity contribution in [2.24, 2.45) is 0 Å². The van der Waals surface area contributed by atoms with Crippen LogP contribution < -0.4 is 4.74 Å². The van der Waals surface area contributed by atoms with Crippen LogP contribution in [0.3, 0.4) is 0 Å². The highest BCUT2D eigenvalue weighted by molar-refractivity contribution is 6.00. The summed E-state index contributed by atoms with van der Waals surface area (Å²) in [6.45, 7) is 4.56. The lowest BCUT2D eigenvalue weighted by Crippen LogP contribution is -2.18. The number of ether oxygens (including phenoxy) is 1. The zero-order valence-electron chi connectivity index (χ0n) is 8.41. The zero-order chi connectivity index (χ0) is 10.1. The Bertz CT molecular complexity index is 372. The monoisotopic (exact) mass is 191 g/mol. The van der Waals surface area contributed by atoms with Gasteiger partial charge < -0.3 is 4.74 Å². The van der Waals surface area contributed by atoms with E-state index in [1.807, 2.05) is 13.8 Å². The van der Waals surface area contributed by atoms with Crippen molar-refractivity contribution in [2.45, 2.75) is 26.2 Å². The Morgan fingerprint density at radius 3 is 3.00 bits per heavy atom. The molecule has 74 valence electrons. The van der Waals surface area contributed by atoms with Gasteiger partial charge in [-0.2, -0.15) is 0 Å². The molecule has 0 aliphatic carbocycles. The van der Waals surface area contributed by atoms with Crippen molar-refractivity contribution in [3.63, 3.8) is 0 Å². The first-order valence-corrected chi connectivity index (χ1v) is 4.85. The molecule has 2 heterocycles. The van der Waals surface area contributed by atoms with Gasteiger partial charge in [0, 0.05) is 12.6 Å². The second-order valence-electron chi connectivity index (χ2n) is 3.75. The van der Waals surface area contributed by atoms with Crippen LogP contribution in [0.1, 0.15) is 42.2 Å². The minimum atomic E-state index is 0.156. The number of carbonyl (C=O) groups excluding carboxylic acids is 1. The third kappa shape index (κ3) is 1.39. The van der Waals surface area contributed by atoms with Gasteiger partial charge in [-0.1, -0.05) is 13.8 Å². The first-order chi connectivity index (χ1) is 6.70. The third-order valence-electron chi connectivity index (χ3n) is 2.35. The number of fused-ring (bicyclic) bond motifs is 1. The summed E-state index contributed by atoms with van der Waals surface area (Å²) in [6, 6.07) is 1.76. The van der Waals surface area contributed by atoms with Gasteiger partial charge in [0.05, 0.1) is 17.9 Å². The van der Waals surface area contributed by atoms with E-state index in [1.54, 1.807) is 12.3 Å². The smallest absolute Gasteiger partial charge is 0.171 e. The van der Waals surface area contributed by atoms with Crippen LogP contribution in [-0.2, 0) is 0 Å². The number of rotatable bonds is 1. The van der Waals surface area contributed by atoms with Crippen molar-refractivity contribution in [3.05, 3.63) is 23.5 Å². The van der Waals surface area contributed by atoms with E-state index in [0.717, 1.165) is 5.69 Å². The number of nitrogens with zero attached hydrogens (tertiary/aromatic N) is 1. The zero-order valence-corrected chi connectivity index (χ0v) is 8.41. The van der Waals surface area contributed by atoms with E-state index in [-0.39, 0.29) is 11.7 Å². The van der Waals surface area contributed by atoms with Gasteiger partial charge in [-0.25, -0.2) is 0 Å². The topological polar surface area (TPSA) is 39.2 Å². The highest BCUT2D eigenvalue weighted by Crippen LogP contribution is 2.29. The van der Waals surface area contributed by atoms with Gasteiger partial charge in [-0.3, -0.25) is 9.78 Å². The molecule has 0 N–H and O–H groups in total. The number of hydrogen-bond acceptors (Lipinski definition) is 3. The van der Waals surface area contributed by atoms with E-state index in [1.165, 1.54) is 0 Å². The molecule has 0 unspecified atom stereocenters. The summed E-state index contributed by atoms with van der Waals surface area (Å²) in [6.07, 6.45) is 2.17. The number of hydrogen-bond donors (Lipinski definition) is 0. The number of ketones is 1. The molecular formula is C11H13NO2. The summed E-state index contributed by atoms with van der Waals surface area (Å²) in [5.41, 5.74) is 1.54. The Labute approximate surface area is 83.1 Å². The molecule has 0 saturated carbocycles. The molecule has 1 aliphatic rings. The Kier molecular flexibility index (Phi) is 2.23. The van der Waals surface area contributed by atoms with E-state index in [2.05, 4.69) is 4.98 Å². The highest BCUT2D eigenvalue weighted by atomic mass is 16.5. The predicted molar refractivity (Wildman–Crippen MR) is 52.8 cm³/mol. The summed E-state index contributed by atoms with van der Waals surface area (Å²) in [7, 11) is 0. The van der Waals surface area contributed by atoms with E-state index in [9.17, 15) is 4.79 Å². The van der Waals surface area contributed by atoms with Gasteiger partial charge in [-0.05, 0) is 12.0 Å². The van der Waals surface area contributed by atoms with E-state index >= 15 is 0 Å². The van der Waals surface area contributed by atoms with Crippen LogP contribution in [0.2, 0.25) is 0 Å². The molecule has 1 aromatic rings.